The average molecular weight is 1990 g/mol. The average Bonchev–Trinajstić information content (AvgIpc) is 1.75. The summed E-state index contributed by atoms with van der Waals surface area (Å²) in [5.74, 6) is 10.4. The van der Waals surface area contributed by atoms with Crippen molar-refractivity contribution in [3.8, 4) is 57.5 Å². The van der Waals surface area contributed by atoms with Crippen LogP contribution in [0, 0.1) is 23.7 Å². The second kappa shape index (κ2) is 43.1. The molecule has 0 radical (unpaired) electrons. The predicted molar refractivity (Wildman–Crippen MR) is 555 cm³/mol. The van der Waals surface area contributed by atoms with Crippen LogP contribution in [0.3, 0.4) is 0 Å². The summed E-state index contributed by atoms with van der Waals surface area (Å²) in [5.41, 5.74) is 16.1. The molecule has 10 aromatic carbocycles. The van der Waals surface area contributed by atoms with Crippen molar-refractivity contribution in [2.45, 2.75) is 253 Å². The lowest BCUT2D eigenvalue weighted by Crippen LogP contribution is -2.27. The molecule has 14 aliphatic rings. The van der Waals surface area contributed by atoms with E-state index in [4.69, 9.17) is 99.5 Å². The van der Waals surface area contributed by atoms with E-state index in [1.807, 2.05) is 12.1 Å². The van der Waals surface area contributed by atoms with Gasteiger partial charge in [0.15, 0.2) is 0 Å². The number of epoxide rings is 10. The van der Waals surface area contributed by atoms with Crippen LogP contribution < -0.4 is 47.4 Å². The number of carbonyl (C=O) groups is 1. The van der Waals surface area contributed by atoms with E-state index in [-0.39, 0.29) is 71.5 Å². The van der Waals surface area contributed by atoms with E-state index >= 15 is 0 Å². The third kappa shape index (κ3) is 26.2. The number of benzene rings is 10. The number of rotatable bonds is 49. The summed E-state index contributed by atoms with van der Waals surface area (Å²) in [7, 11) is 0. The Hall–Kier alpha value is -10.7. The largest absolute Gasteiger partial charge is 0.493 e. The molecule has 10 heterocycles. The first-order chi connectivity index (χ1) is 70.8. The molecule has 0 N–H and O–H groups in total. The van der Waals surface area contributed by atoms with E-state index in [1.54, 1.807) is 0 Å². The van der Waals surface area contributed by atoms with Gasteiger partial charge in [-0.3, -0.25) is 4.79 Å². The summed E-state index contributed by atoms with van der Waals surface area (Å²) >= 11 is 0. The fraction of sp³-hybridized carbons (Fsp3) is 0.508. The van der Waals surface area contributed by atoms with Gasteiger partial charge in [-0.25, -0.2) is 0 Å². The maximum absolute atomic E-state index is 12.0. The zero-order valence-corrected chi connectivity index (χ0v) is 86.5. The summed E-state index contributed by atoms with van der Waals surface area (Å²) in [6, 6.07) is 74.2. The second-order valence-electron chi connectivity index (χ2n) is 45.6. The number of fused-ring (bicyclic) bond motifs is 2. The Morgan fingerprint density at radius 1 is 0.240 bits per heavy atom. The molecule has 4 saturated carbocycles. The van der Waals surface area contributed by atoms with Crippen LogP contribution in [0.25, 0.3) is 0 Å². The van der Waals surface area contributed by atoms with Crippen molar-refractivity contribution in [3.05, 3.63) is 295 Å². The van der Waals surface area contributed by atoms with Crippen molar-refractivity contribution >= 4 is 5.97 Å². The lowest BCUT2D eigenvalue weighted by atomic mass is 9.75. The summed E-state index contributed by atoms with van der Waals surface area (Å²) in [4.78, 5) is 12.0. The lowest BCUT2D eigenvalue weighted by molar-refractivity contribution is -0.151. The highest BCUT2D eigenvalue weighted by Gasteiger charge is 2.48. The highest BCUT2D eigenvalue weighted by molar-refractivity contribution is 5.73. The molecule has 0 amide bonds. The van der Waals surface area contributed by atoms with Crippen molar-refractivity contribution in [1.29, 1.82) is 0 Å². The third-order valence-corrected chi connectivity index (χ3v) is 32.0. The number of carbonyl (C=O) groups excluding carboxylic acids is 1. The van der Waals surface area contributed by atoms with E-state index < -0.39 is 16.2 Å². The zero-order chi connectivity index (χ0) is 99.8. The number of ether oxygens (including phenoxy) is 21. The SMILES string of the molecule is CC(C)(c1ccc(OCC2CC2)cc1)c1ccc(OCC2CO2)cc1.CC(C)(c1ccc(OCC2CO2)cc1)c1ccc(OCC2CC2)c(Cc2cc(C(C)(C)c3ccc(OCC4CO4)cc3)cc(Cc3cc(C(C)(C)c4ccc(OCC5CO5)cc4)cc(Cc4cc(C(C)(C)c5ccc(OCC6CO6)cc5)ccc4OCC4CO4)c3OCC3CO3)c2OCC2CO2)c1.O=C(OCC1CCC2OC2C1)C1CCC2OC2C1. The zero-order valence-electron chi connectivity index (χ0n) is 86.5. The Labute approximate surface area is 860 Å². The molecule has 24 rings (SSSR count). The molecule has 22 heteroatoms. The minimum absolute atomic E-state index is 0.00258. The molecule has 0 spiro atoms. The third-order valence-electron chi connectivity index (χ3n) is 32.0. The van der Waals surface area contributed by atoms with Gasteiger partial charge in [0.05, 0.1) is 103 Å². The van der Waals surface area contributed by atoms with Gasteiger partial charge in [0.1, 0.15) is 159 Å². The standard InChI is InChI=1S/C88H98O15.C22H26O3.C14H20O4/c1-85(2,62-11-21-70(22-12-62)89-41-74-45-93-74)66-19-29-81(100-40-55-9-10-55)56(34-66)31-58-36-68(87(5,6)64-15-25-72(26-16-64)91-43-76-47-95-76)38-60(83(58)102-53-79-50-98-79)33-61-39-69(88(7,8)65-17-27-73(28-18-65)92-44-77-48-96-77)37-59(84(61)103-54-80-51-99-80)32-57-35-67(20-30-82(57)101-52-78-49-97-78)86(3,4)63-13-23-71(24-14-63)90-42-75-46-94-75;1-22(2,17-5-9-19(10-6-17)23-13-16-3-4-16)18-7-11-20(12-8-18)24-14-21-15-25-21;15-14(9-2-4-11-13(6-9)18-11)16-7-8-1-3-10-12(5-8)17-10/h11-30,34-39,55,74-80H,9-10,31-33,40-54H2,1-8H3;5-12,16,21H,3-4,13-15H2,1-2H3;8-13H,1-7H2. The number of hydrogen-bond acceptors (Lipinski definition) is 22. The van der Waals surface area contributed by atoms with Gasteiger partial charge in [0.25, 0.3) is 0 Å². The Morgan fingerprint density at radius 3 is 0.781 bits per heavy atom. The maximum Gasteiger partial charge on any atom is 0.309 e. The highest BCUT2D eigenvalue weighted by Crippen LogP contribution is 2.50. The second-order valence-corrected chi connectivity index (χ2v) is 45.6. The Kier molecular flexibility index (Phi) is 29.5. The molecule has 10 saturated heterocycles. The van der Waals surface area contributed by atoms with E-state index in [9.17, 15) is 4.79 Å². The van der Waals surface area contributed by atoms with Crippen LogP contribution >= 0.6 is 0 Å². The first-order valence-electron chi connectivity index (χ1n) is 53.7. The molecule has 0 bridgehead atoms. The van der Waals surface area contributed by atoms with Crippen LogP contribution in [0.4, 0.5) is 0 Å². The van der Waals surface area contributed by atoms with Gasteiger partial charge in [0, 0.05) is 46.3 Å². The van der Waals surface area contributed by atoms with Gasteiger partial charge in [0.2, 0.25) is 0 Å². The van der Waals surface area contributed by atoms with Crippen LogP contribution in [0.2, 0.25) is 0 Å². The van der Waals surface area contributed by atoms with Crippen LogP contribution in [0.1, 0.15) is 222 Å². The minimum Gasteiger partial charge on any atom is -0.493 e. The first-order valence-corrected chi connectivity index (χ1v) is 53.7. The normalized spacial score (nSPS) is 24.5. The van der Waals surface area contributed by atoms with Crippen molar-refractivity contribution in [2.75, 3.05) is 126 Å². The van der Waals surface area contributed by atoms with Crippen LogP contribution in [0.15, 0.2) is 206 Å². The molecular formula is C124H144O22. The van der Waals surface area contributed by atoms with Crippen molar-refractivity contribution in [1.82, 2.24) is 0 Å². The lowest BCUT2D eigenvalue weighted by Gasteiger charge is -2.31. The van der Waals surface area contributed by atoms with Gasteiger partial charge in [-0.05, 0) is 256 Å². The molecule has 22 nitrogen and oxygen atoms in total. The van der Waals surface area contributed by atoms with Gasteiger partial charge in [-0.1, -0.05) is 191 Å². The van der Waals surface area contributed by atoms with Crippen LogP contribution in [-0.4, -0.2) is 205 Å². The van der Waals surface area contributed by atoms with E-state index in [0.717, 1.165) is 208 Å². The van der Waals surface area contributed by atoms with Crippen molar-refractivity contribution < 1.29 is 104 Å². The van der Waals surface area contributed by atoms with Crippen LogP contribution in [0.5, 0.6) is 57.5 Å². The summed E-state index contributed by atoms with van der Waals surface area (Å²) in [6.45, 7) is 34.9. The molecule has 10 aromatic rings. The van der Waals surface area contributed by atoms with Gasteiger partial charge < -0.3 is 99.5 Å². The van der Waals surface area contributed by atoms with Crippen molar-refractivity contribution in [2.24, 2.45) is 23.7 Å². The van der Waals surface area contributed by atoms with Gasteiger partial charge >= 0.3 is 5.97 Å². The fourth-order valence-corrected chi connectivity index (χ4v) is 20.2. The Bertz CT molecular complexity index is 5780. The molecule has 10 aliphatic heterocycles. The molecule has 14 unspecified atom stereocenters. The molecule has 4 aliphatic carbocycles. The van der Waals surface area contributed by atoms with E-state index in [1.165, 1.54) is 47.9 Å². The van der Waals surface area contributed by atoms with E-state index in [0.29, 0.717) is 141 Å². The smallest absolute Gasteiger partial charge is 0.309 e. The van der Waals surface area contributed by atoms with Gasteiger partial charge in [-0.2, -0.15) is 0 Å². The number of hydrogen-bond donors (Lipinski definition) is 0. The highest BCUT2D eigenvalue weighted by atomic mass is 16.6. The molecule has 146 heavy (non-hydrogen) atoms. The van der Waals surface area contributed by atoms with Crippen molar-refractivity contribution in [3.63, 3.8) is 0 Å². The first kappa shape index (κ1) is 99.9. The molecule has 772 valence electrons. The maximum atomic E-state index is 12.0. The quantitative estimate of drug-likeness (QED) is 0.0254. The van der Waals surface area contributed by atoms with Crippen LogP contribution in [-0.2, 0) is 103 Å². The minimum atomic E-state index is -0.524. The topological polar surface area (TPSA) is 244 Å². The summed E-state index contributed by atoms with van der Waals surface area (Å²) < 4.78 is 126. The Balaban J connectivity index is 0.000000228. The molecule has 0 aromatic heterocycles. The fourth-order valence-electron chi connectivity index (χ4n) is 20.2. The summed E-state index contributed by atoms with van der Waals surface area (Å²) in [6.07, 6.45) is 15.4. The molecule has 14 atom stereocenters. The van der Waals surface area contributed by atoms with E-state index in [2.05, 4.69) is 263 Å². The Morgan fingerprint density at radius 2 is 0.479 bits per heavy atom. The summed E-state index contributed by atoms with van der Waals surface area (Å²) in [5, 5.41) is 0. The predicted octanol–water partition coefficient (Wildman–Crippen LogP) is 21.2. The number of esters is 1. The molecular weight excluding hydrogens is 1840 g/mol. The monoisotopic (exact) mass is 1990 g/mol. The van der Waals surface area contributed by atoms with Gasteiger partial charge in [-0.15, -0.1) is 0 Å². The molecule has 14 fully saturated rings.